The second-order valence-corrected chi connectivity index (χ2v) is 7.44. The third kappa shape index (κ3) is 3.38. The van der Waals surface area contributed by atoms with Gasteiger partial charge in [0.15, 0.2) is 0 Å². The molecule has 0 unspecified atom stereocenters. The summed E-state index contributed by atoms with van der Waals surface area (Å²) in [6, 6.07) is 6.22. The minimum Gasteiger partial charge on any atom is -0.283 e. The van der Waals surface area contributed by atoms with Crippen LogP contribution >= 0.6 is 0 Å². The predicted octanol–water partition coefficient (Wildman–Crippen LogP) is 2.91. The van der Waals surface area contributed by atoms with Gasteiger partial charge >= 0.3 is 5.91 Å². The quantitative estimate of drug-likeness (QED) is 0.545. The summed E-state index contributed by atoms with van der Waals surface area (Å²) in [5.74, 6) is -1.82. The highest BCUT2D eigenvalue weighted by Gasteiger charge is 2.42. The first-order valence-electron chi connectivity index (χ1n) is 7.69. The summed E-state index contributed by atoms with van der Waals surface area (Å²) in [6.07, 6.45) is 5.70. The summed E-state index contributed by atoms with van der Waals surface area (Å²) >= 11 is 0. The molecule has 6 heteroatoms. The van der Waals surface area contributed by atoms with E-state index < -0.39 is 21.7 Å². The third-order valence-corrected chi connectivity index (χ3v) is 5.50. The van der Waals surface area contributed by atoms with Gasteiger partial charge < -0.3 is 0 Å². The van der Waals surface area contributed by atoms with Crippen LogP contribution in [-0.4, -0.2) is 25.9 Å². The Morgan fingerprint density at radius 1 is 0.955 bits per heavy atom. The van der Waals surface area contributed by atoms with E-state index in [1.54, 1.807) is 12.1 Å². The van der Waals surface area contributed by atoms with Gasteiger partial charge in [0.05, 0.1) is 17.0 Å². The zero-order chi connectivity index (χ0) is 16.2. The minimum absolute atomic E-state index is 0.105. The lowest BCUT2D eigenvalue weighted by Crippen LogP contribution is -2.37. The van der Waals surface area contributed by atoms with Crippen LogP contribution in [0.4, 0.5) is 5.69 Å². The summed E-state index contributed by atoms with van der Waals surface area (Å²) in [4.78, 5) is 23.8. The largest absolute Gasteiger partial charge is 0.313 e. The topological polar surface area (TPSA) is 71.5 Å². The van der Waals surface area contributed by atoms with Crippen molar-refractivity contribution in [3.63, 3.8) is 0 Å². The molecular weight excluding hydrogens is 302 g/mol. The Labute approximate surface area is 131 Å². The Bertz CT molecular complexity index is 666. The average Bonchev–Trinajstić information content (AvgIpc) is 2.75. The molecule has 22 heavy (non-hydrogen) atoms. The van der Waals surface area contributed by atoms with Gasteiger partial charge in [-0.2, -0.15) is 4.31 Å². The highest BCUT2D eigenvalue weighted by molar-refractivity contribution is 7.93. The summed E-state index contributed by atoms with van der Waals surface area (Å²) in [5, 5.41) is 0. The summed E-state index contributed by atoms with van der Waals surface area (Å²) in [7, 11) is -3.79. The third-order valence-electron chi connectivity index (χ3n) is 3.78. The molecule has 120 valence electrons. The number of nitrogens with zero attached hydrogens (tertiary/aromatic N) is 1. The van der Waals surface area contributed by atoms with E-state index in [1.165, 1.54) is 12.1 Å². The number of anilines is 1. The molecule has 0 atom stereocenters. The van der Waals surface area contributed by atoms with Crippen molar-refractivity contribution in [2.24, 2.45) is 0 Å². The molecule has 2 rings (SSSR count). The van der Waals surface area contributed by atoms with E-state index in [2.05, 4.69) is 6.92 Å². The van der Waals surface area contributed by atoms with Gasteiger partial charge in [-0.25, -0.2) is 8.42 Å². The molecule has 0 aromatic heterocycles. The molecule has 0 bridgehead atoms. The molecule has 1 amide bonds. The molecule has 0 fully saturated rings. The molecule has 0 aliphatic carbocycles. The van der Waals surface area contributed by atoms with Gasteiger partial charge in [-0.15, -0.1) is 0 Å². The maximum atomic E-state index is 12.4. The zero-order valence-corrected chi connectivity index (χ0v) is 13.6. The van der Waals surface area contributed by atoms with E-state index in [0.717, 1.165) is 32.1 Å². The van der Waals surface area contributed by atoms with E-state index in [1.807, 2.05) is 0 Å². The van der Waals surface area contributed by atoms with Crippen LogP contribution in [0.3, 0.4) is 0 Å². The van der Waals surface area contributed by atoms with Gasteiger partial charge in [-0.3, -0.25) is 9.59 Å². The second-order valence-electron chi connectivity index (χ2n) is 5.50. The zero-order valence-electron chi connectivity index (χ0n) is 12.7. The first-order valence-corrected chi connectivity index (χ1v) is 9.30. The van der Waals surface area contributed by atoms with Crippen molar-refractivity contribution in [1.29, 1.82) is 0 Å². The fourth-order valence-corrected chi connectivity index (χ4v) is 4.14. The second kappa shape index (κ2) is 7.05. The van der Waals surface area contributed by atoms with Crippen LogP contribution in [0.25, 0.3) is 0 Å². The number of para-hydroxylation sites is 1. The van der Waals surface area contributed by atoms with Crippen LogP contribution in [0.1, 0.15) is 55.8 Å². The van der Waals surface area contributed by atoms with E-state index >= 15 is 0 Å². The van der Waals surface area contributed by atoms with Gasteiger partial charge in [0, 0.05) is 0 Å². The van der Waals surface area contributed by atoms with E-state index in [-0.39, 0.29) is 17.0 Å². The number of rotatable bonds is 8. The van der Waals surface area contributed by atoms with Gasteiger partial charge in [-0.1, -0.05) is 51.2 Å². The van der Waals surface area contributed by atoms with Crippen molar-refractivity contribution in [3.05, 3.63) is 29.8 Å². The number of sulfonamides is 1. The molecule has 1 heterocycles. The Balaban J connectivity index is 2.04. The number of carbonyl (C=O) groups excluding carboxylic acids is 2. The number of hydrogen-bond acceptors (Lipinski definition) is 4. The Morgan fingerprint density at radius 3 is 2.32 bits per heavy atom. The summed E-state index contributed by atoms with van der Waals surface area (Å²) in [6.45, 7) is 2.12. The average molecular weight is 323 g/mol. The SMILES string of the molecule is CCCCCCCCS(=O)(=O)N1C(=O)C(=O)c2ccccc21. The number of unbranched alkanes of at least 4 members (excludes halogenated alkanes) is 5. The number of benzene rings is 1. The van der Waals surface area contributed by atoms with Crippen LogP contribution in [0.2, 0.25) is 0 Å². The Kier molecular flexibility index (Phi) is 5.34. The fraction of sp³-hybridized carbons (Fsp3) is 0.500. The van der Waals surface area contributed by atoms with Crippen molar-refractivity contribution < 1.29 is 18.0 Å². The van der Waals surface area contributed by atoms with Crippen LogP contribution in [0.5, 0.6) is 0 Å². The highest BCUT2D eigenvalue weighted by atomic mass is 32.2. The maximum absolute atomic E-state index is 12.4. The maximum Gasteiger partial charge on any atom is 0.313 e. The number of fused-ring (bicyclic) bond motifs is 1. The van der Waals surface area contributed by atoms with Crippen LogP contribution in [0, 0.1) is 0 Å². The molecular formula is C16H21NO4S. The Hall–Kier alpha value is -1.69. The lowest BCUT2D eigenvalue weighted by atomic mass is 10.1. The standard InChI is InChI=1S/C16H21NO4S/c1-2-3-4-5-6-9-12-22(20,21)17-14-11-8-7-10-13(14)15(18)16(17)19/h7-8,10-11H,2-6,9,12H2,1H3. The number of amides is 1. The minimum atomic E-state index is -3.79. The first-order chi connectivity index (χ1) is 10.5. The van der Waals surface area contributed by atoms with Crippen molar-refractivity contribution in [1.82, 2.24) is 0 Å². The normalized spacial score (nSPS) is 14.5. The molecule has 1 aromatic rings. The van der Waals surface area contributed by atoms with Crippen LogP contribution < -0.4 is 4.31 Å². The molecule has 5 nitrogen and oxygen atoms in total. The predicted molar refractivity (Wildman–Crippen MR) is 85.4 cm³/mol. The van der Waals surface area contributed by atoms with Crippen LogP contribution in [-0.2, 0) is 14.8 Å². The van der Waals surface area contributed by atoms with Crippen molar-refractivity contribution in [3.8, 4) is 0 Å². The smallest absolute Gasteiger partial charge is 0.283 e. The summed E-state index contributed by atoms with van der Waals surface area (Å²) < 4.78 is 25.5. The fourth-order valence-electron chi connectivity index (χ4n) is 2.59. The number of carbonyl (C=O) groups is 2. The molecule has 1 aliphatic heterocycles. The monoisotopic (exact) mass is 323 g/mol. The first kappa shape index (κ1) is 16.7. The molecule has 1 aliphatic rings. The number of hydrogen-bond donors (Lipinski definition) is 0. The highest BCUT2D eigenvalue weighted by Crippen LogP contribution is 2.31. The van der Waals surface area contributed by atoms with Gasteiger partial charge in [-0.05, 0) is 18.6 Å². The molecule has 0 saturated carbocycles. The van der Waals surface area contributed by atoms with Gasteiger partial charge in [0.2, 0.25) is 10.0 Å². The van der Waals surface area contributed by atoms with E-state index in [4.69, 9.17) is 0 Å². The lowest BCUT2D eigenvalue weighted by molar-refractivity contribution is -0.113. The van der Waals surface area contributed by atoms with E-state index in [9.17, 15) is 18.0 Å². The van der Waals surface area contributed by atoms with Crippen molar-refractivity contribution >= 4 is 27.4 Å². The Morgan fingerprint density at radius 2 is 1.59 bits per heavy atom. The lowest BCUT2D eigenvalue weighted by Gasteiger charge is -2.16. The molecule has 0 spiro atoms. The van der Waals surface area contributed by atoms with Gasteiger partial charge in [0.25, 0.3) is 5.78 Å². The van der Waals surface area contributed by atoms with E-state index in [0.29, 0.717) is 10.7 Å². The number of ketones is 1. The van der Waals surface area contributed by atoms with Gasteiger partial charge in [0.1, 0.15) is 0 Å². The molecule has 0 saturated heterocycles. The molecule has 0 N–H and O–H groups in total. The summed E-state index contributed by atoms with van der Waals surface area (Å²) in [5.41, 5.74) is 0.350. The molecule has 1 aromatic carbocycles. The van der Waals surface area contributed by atoms with Crippen LogP contribution in [0.15, 0.2) is 24.3 Å². The van der Waals surface area contributed by atoms with Crippen molar-refractivity contribution in [2.45, 2.75) is 45.4 Å². The van der Waals surface area contributed by atoms with Crippen molar-refractivity contribution in [2.75, 3.05) is 10.1 Å². The number of Topliss-reactive ketones (excluding diaryl/α,β-unsaturated/α-hetero) is 1. The molecule has 0 radical (unpaired) electrons.